The van der Waals surface area contributed by atoms with Crippen LogP contribution in [-0.4, -0.2) is 74.3 Å². The third-order valence-corrected chi connectivity index (χ3v) is 11.7. The second-order valence-electron chi connectivity index (χ2n) is 17.4. The first-order chi connectivity index (χ1) is 35.8. The second-order valence-corrected chi connectivity index (χ2v) is 17.4. The summed E-state index contributed by atoms with van der Waals surface area (Å²) in [5, 5.41) is 9.99. The first-order valence-electron chi connectivity index (χ1n) is 23.2. The predicted molar refractivity (Wildman–Crippen MR) is 282 cm³/mol. The van der Waals surface area contributed by atoms with Crippen molar-refractivity contribution in [1.82, 2.24) is 28.2 Å². The number of Topliss-reactive ketones (excluding diaryl/α,β-unsaturated/α-hetero) is 3. The number of pyridine rings is 3. The van der Waals surface area contributed by atoms with Gasteiger partial charge in [-0.3, -0.25) is 46.8 Å². The van der Waals surface area contributed by atoms with E-state index < -0.39 is 17.8 Å². The molecule has 0 aliphatic carbocycles. The molecule has 0 unspecified atom stereocenters. The molecule has 6 aromatic heterocycles. The number of nitrogens with zero attached hydrogens (tertiary/aromatic N) is 7. The molecule has 17 nitrogen and oxygen atoms in total. The predicted octanol–water partition coefficient (Wildman–Crippen LogP) is 10.5. The van der Waals surface area contributed by atoms with Crippen LogP contribution in [0, 0.1) is 38.2 Å². The number of carbonyl (C=O) groups excluding carboxylic acids is 6. The van der Waals surface area contributed by atoms with Gasteiger partial charge in [-0.25, -0.2) is 33.0 Å². The van der Waals surface area contributed by atoms with Crippen LogP contribution >= 0.6 is 0 Å². The van der Waals surface area contributed by atoms with Gasteiger partial charge in [0.2, 0.25) is 17.7 Å². The van der Waals surface area contributed by atoms with E-state index >= 15 is 0 Å². The maximum absolute atomic E-state index is 13.9. The van der Waals surface area contributed by atoms with Crippen LogP contribution < -0.4 is 16.0 Å². The summed E-state index contributed by atoms with van der Waals surface area (Å²) in [6.45, 7) is 14.2. The Morgan fingerprint density at radius 2 is 0.842 bits per heavy atom. The maximum atomic E-state index is 13.9. The Labute approximate surface area is 433 Å². The van der Waals surface area contributed by atoms with Gasteiger partial charge in [0.05, 0.1) is 0 Å². The van der Waals surface area contributed by atoms with Crippen molar-refractivity contribution in [3.05, 3.63) is 161 Å². The van der Waals surface area contributed by atoms with Crippen molar-refractivity contribution in [2.45, 2.75) is 69.2 Å². The van der Waals surface area contributed by atoms with Crippen LogP contribution in [0.4, 0.5) is 30.6 Å². The highest BCUT2D eigenvalue weighted by molar-refractivity contribution is 6.16. The molecule has 9 aromatic rings. The number of nitrogens with two attached hydrogens (primary N) is 1. The lowest BCUT2D eigenvalue weighted by Crippen LogP contribution is -2.34. The Kier molecular flexibility index (Phi) is 16.9. The number of carboxylic acids is 1. The number of rotatable bonds is 8. The molecule has 0 radical (unpaired) electrons. The number of halogens is 3. The van der Waals surface area contributed by atoms with Crippen molar-refractivity contribution in [2.24, 2.45) is 0 Å². The number of imide groups is 1. The van der Waals surface area contributed by atoms with Gasteiger partial charge in [0, 0.05) is 67.1 Å². The number of carboxylic acid groups (broad SMARTS) is 1. The van der Waals surface area contributed by atoms with E-state index in [1.165, 1.54) is 64.1 Å². The molecule has 0 aliphatic heterocycles. The van der Waals surface area contributed by atoms with Crippen molar-refractivity contribution in [1.29, 1.82) is 0 Å². The zero-order valence-electron chi connectivity index (χ0n) is 43.0. The lowest BCUT2D eigenvalue weighted by atomic mass is 10.0. The van der Waals surface area contributed by atoms with E-state index in [1.807, 2.05) is 24.3 Å². The normalized spacial score (nSPS) is 10.6. The highest BCUT2D eigenvalue weighted by Gasteiger charge is 2.27. The minimum Gasteiger partial charge on any atom is -0.481 e. The van der Waals surface area contributed by atoms with Crippen molar-refractivity contribution >= 4 is 75.4 Å². The third-order valence-electron chi connectivity index (χ3n) is 11.7. The molecule has 3 aromatic carbocycles. The number of fused-ring (bicyclic) bond motifs is 3. The molecule has 0 fully saturated rings. The number of nitrogen functional groups attached to an aromatic ring is 1. The zero-order valence-corrected chi connectivity index (χ0v) is 43.0. The smallest absolute Gasteiger partial charge is 0.300 e. The SMILES string of the molecule is CC(=O)Nc1nc2ccc(-c3cccc(F)c3C)cn2c1C(C)=O.CC(=O)O.CC(=O)c1c(N(C(C)=O)C(C)=O)nc2ccc(-c3cccc(F)c3C)cn12.CC(=O)c1c(N)nc2ccc(-c3cccc(F)c3C)cn12. The van der Waals surface area contributed by atoms with Crippen molar-refractivity contribution in [3.8, 4) is 33.4 Å². The summed E-state index contributed by atoms with van der Waals surface area (Å²) in [5.41, 5.74) is 14.1. The van der Waals surface area contributed by atoms with Crippen LogP contribution in [0.1, 0.15) is 96.6 Å². The first-order valence-corrected chi connectivity index (χ1v) is 23.2. The third kappa shape index (κ3) is 11.9. The van der Waals surface area contributed by atoms with E-state index in [0.717, 1.165) is 34.1 Å². The quantitative estimate of drug-likeness (QED) is 0.121. The van der Waals surface area contributed by atoms with Gasteiger partial charge in [0.25, 0.3) is 5.97 Å². The van der Waals surface area contributed by atoms with Gasteiger partial charge in [-0.1, -0.05) is 36.4 Å². The number of hydrogen-bond acceptors (Lipinski definition) is 11. The number of aromatic nitrogens is 6. The van der Waals surface area contributed by atoms with Crippen LogP contribution in [-0.2, 0) is 19.2 Å². The number of imidazole rings is 3. The number of carbonyl (C=O) groups is 7. The van der Waals surface area contributed by atoms with Crippen LogP contribution in [0.15, 0.2) is 110 Å². The number of ketones is 3. The molecule has 0 spiro atoms. The summed E-state index contributed by atoms with van der Waals surface area (Å²) in [4.78, 5) is 93.8. The van der Waals surface area contributed by atoms with E-state index in [-0.39, 0.29) is 69.6 Å². The van der Waals surface area contributed by atoms with Gasteiger partial charge in [0.1, 0.15) is 51.5 Å². The Bertz CT molecular complexity index is 3800. The highest BCUT2D eigenvalue weighted by atomic mass is 19.1. The largest absolute Gasteiger partial charge is 0.481 e. The monoisotopic (exact) mass is 1040 g/mol. The molecule has 0 saturated heterocycles. The fourth-order valence-corrected chi connectivity index (χ4v) is 8.32. The Hall–Kier alpha value is -9.59. The second kappa shape index (κ2) is 23.1. The lowest BCUT2D eigenvalue weighted by molar-refractivity contribution is -0.134. The van der Waals surface area contributed by atoms with Crippen molar-refractivity contribution < 1.29 is 51.8 Å². The fourth-order valence-electron chi connectivity index (χ4n) is 8.32. The van der Waals surface area contributed by atoms with Crippen LogP contribution in [0.2, 0.25) is 0 Å². The van der Waals surface area contributed by atoms with Crippen LogP contribution in [0.25, 0.3) is 50.3 Å². The molecular formula is C56H52F3N9O8. The molecule has 6 heterocycles. The van der Waals surface area contributed by atoms with Gasteiger partial charge in [0.15, 0.2) is 34.8 Å². The van der Waals surface area contributed by atoms with E-state index in [4.69, 9.17) is 15.6 Å². The molecule has 0 saturated carbocycles. The van der Waals surface area contributed by atoms with Crippen molar-refractivity contribution in [2.75, 3.05) is 16.0 Å². The number of amides is 3. The van der Waals surface area contributed by atoms with E-state index in [1.54, 1.807) is 96.7 Å². The van der Waals surface area contributed by atoms with E-state index in [0.29, 0.717) is 50.5 Å². The molecule has 0 atom stereocenters. The molecule has 4 N–H and O–H groups in total. The summed E-state index contributed by atoms with van der Waals surface area (Å²) in [6, 6.07) is 25.1. The molecule has 3 amide bonds. The van der Waals surface area contributed by atoms with Gasteiger partial charge in [-0.2, -0.15) is 0 Å². The summed E-state index contributed by atoms with van der Waals surface area (Å²) in [7, 11) is 0. The van der Waals surface area contributed by atoms with E-state index in [2.05, 4.69) is 20.3 Å². The standard InChI is InChI=1S/C20H18FN3O3.C18H16FN3O2.C16H14FN3O.C2H4O2/c1-11-16(6-5-7-17(11)21)15-8-9-18-22-20(24(13(3)26)14(4)27)19(12(2)25)23(18)10-15;1-10-14(5-4-6-15(10)19)13-7-8-16-21-18(20-12(3)24)17(11(2)23)22(16)9-13;1-9-12(4-3-5-13(9)17)11-6-7-14-19-16(18)15(10(2)21)20(14)8-11;1-2(3)4/h5-10H,1-4H3;4-9H,1-3H3,(H,20,24);3-8H,18H2,1-2H3;1H3,(H,3,4). The molecule has 390 valence electrons. The average molecular weight is 1040 g/mol. The van der Waals surface area contributed by atoms with Crippen LogP contribution in [0.3, 0.4) is 0 Å². The number of nitrogens with one attached hydrogen (secondary N) is 1. The molecule has 0 bridgehead atoms. The number of anilines is 3. The first kappa shape index (κ1) is 55.7. The topological polar surface area (TPSA) is 233 Å². The summed E-state index contributed by atoms with van der Waals surface area (Å²) in [5.74, 6) is -3.38. The lowest BCUT2D eigenvalue weighted by Gasteiger charge is -2.15. The highest BCUT2D eigenvalue weighted by Crippen LogP contribution is 2.31. The average Bonchev–Trinajstić information content (AvgIpc) is 4.00. The number of hydrogen-bond donors (Lipinski definition) is 3. The fraction of sp³-hybridized carbons (Fsp3) is 0.179. The number of benzene rings is 3. The van der Waals surface area contributed by atoms with Crippen LogP contribution in [0.5, 0.6) is 0 Å². The Balaban J connectivity index is 0.000000180. The summed E-state index contributed by atoms with van der Waals surface area (Å²) in [6.07, 6.45) is 5.14. The molecule has 9 rings (SSSR count). The minimum absolute atomic E-state index is 0.00406. The Morgan fingerprint density at radius 1 is 0.500 bits per heavy atom. The summed E-state index contributed by atoms with van der Waals surface area (Å²) >= 11 is 0. The Morgan fingerprint density at radius 3 is 1.20 bits per heavy atom. The number of aliphatic carboxylic acids is 1. The zero-order chi connectivity index (χ0) is 56.0. The van der Waals surface area contributed by atoms with Gasteiger partial charge < -0.3 is 16.2 Å². The minimum atomic E-state index is -0.833. The maximum Gasteiger partial charge on any atom is 0.300 e. The van der Waals surface area contributed by atoms with Gasteiger partial charge in [-0.05, 0) is 125 Å². The van der Waals surface area contributed by atoms with Gasteiger partial charge in [-0.15, -0.1) is 0 Å². The summed E-state index contributed by atoms with van der Waals surface area (Å²) < 4.78 is 46.2. The molecule has 20 heteroatoms. The molecular weight excluding hydrogens is 984 g/mol. The van der Waals surface area contributed by atoms with E-state index in [9.17, 15) is 41.9 Å². The van der Waals surface area contributed by atoms with Gasteiger partial charge >= 0.3 is 0 Å². The van der Waals surface area contributed by atoms with Crippen molar-refractivity contribution in [3.63, 3.8) is 0 Å². The molecule has 0 aliphatic rings. The molecule has 76 heavy (non-hydrogen) atoms.